The second kappa shape index (κ2) is 6.74. The van der Waals surface area contributed by atoms with E-state index in [1.165, 1.54) is 37.7 Å². The van der Waals surface area contributed by atoms with Crippen LogP contribution in [0.4, 0.5) is 0 Å². The van der Waals surface area contributed by atoms with Crippen LogP contribution in [0.25, 0.3) is 0 Å². The van der Waals surface area contributed by atoms with Crippen molar-refractivity contribution in [2.75, 3.05) is 13.2 Å². The molecule has 1 aliphatic rings. The average Bonchev–Trinajstić information content (AvgIpc) is 2.28. The van der Waals surface area contributed by atoms with Crippen LogP contribution in [0.5, 0.6) is 0 Å². The van der Waals surface area contributed by atoms with Crippen LogP contribution >= 0.6 is 0 Å². The first-order valence-corrected chi connectivity index (χ1v) is 7.67. The van der Waals surface area contributed by atoms with Crippen molar-refractivity contribution < 1.29 is 4.74 Å². The fourth-order valence-corrected chi connectivity index (χ4v) is 3.19. The first-order valence-electron chi connectivity index (χ1n) is 7.67. The molecule has 0 saturated heterocycles. The van der Waals surface area contributed by atoms with E-state index in [2.05, 4.69) is 40.3 Å². The zero-order valence-corrected chi connectivity index (χ0v) is 13.6. The van der Waals surface area contributed by atoms with E-state index in [0.717, 1.165) is 12.2 Å². The van der Waals surface area contributed by atoms with Gasteiger partial charge in [0.05, 0.1) is 13.2 Å². The normalized spacial score (nSPS) is 20.4. The van der Waals surface area contributed by atoms with Gasteiger partial charge in [-0.1, -0.05) is 63.8 Å². The van der Waals surface area contributed by atoms with Crippen LogP contribution in [0.1, 0.15) is 66.7 Å². The van der Waals surface area contributed by atoms with Crippen molar-refractivity contribution >= 4 is 0 Å². The number of hydrogen-bond acceptors (Lipinski definition) is 1. The SMILES string of the molecule is C=C(C)COCC(C)=CC1(C(C)(C)C)CCCCC1. The molecular formula is C18H32O. The van der Waals surface area contributed by atoms with E-state index in [4.69, 9.17) is 4.74 Å². The van der Waals surface area contributed by atoms with Crippen LogP contribution in [0, 0.1) is 10.8 Å². The van der Waals surface area contributed by atoms with Crippen LogP contribution in [0.15, 0.2) is 23.8 Å². The highest BCUT2D eigenvalue weighted by Gasteiger charge is 2.40. The summed E-state index contributed by atoms with van der Waals surface area (Å²) in [6.45, 7) is 16.7. The Balaban J connectivity index is 2.73. The maximum Gasteiger partial charge on any atom is 0.0678 e. The molecular weight excluding hydrogens is 232 g/mol. The smallest absolute Gasteiger partial charge is 0.0678 e. The van der Waals surface area contributed by atoms with Crippen LogP contribution in [0.2, 0.25) is 0 Å². The van der Waals surface area contributed by atoms with Gasteiger partial charge in [0.15, 0.2) is 0 Å². The molecule has 0 aliphatic heterocycles. The third-order valence-corrected chi connectivity index (χ3v) is 4.44. The van der Waals surface area contributed by atoms with Crippen LogP contribution in [-0.2, 0) is 4.74 Å². The number of allylic oxidation sites excluding steroid dienone is 1. The van der Waals surface area contributed by atoms with Gasteiger partial charge in [0, 0.05) is 0 Å². The molecule has 0 atom stereocenters. The Hall–Kier alpha value is -0.560. The molecule has 0 aromatic heterocycles. The fraction of sp³-hybridized carbons (Fsp3) is 0.778. The van der Waals surface area contributed by atoms with Crippen LogP contribution in [0.3, 0.4) is 0 Å². The summed E-state index contributed by atoms with van der Waals surface area (Å²) in [5, 5.41) is 0. The monoisotopic (exact) mass is 264 g/mol. The standard InChI is InChI=1S/C18H32O/c1-15(2)13-19-14-16(3)12-18(17(4,5)6)10-8-7-9-11-18/h12H,1,7-11,13-14H2,2-6H3. The molecule has 0 aromatic rings. The third kappa shape index (κ3) is 4.80. The Morgan fingerprint density at radius 2 is 1.68 bits per heavy atom. The second-order valence-corrected chi connectivity index (χ2v) is 7.41. The van der Waals surface area contributed by atoms with E-state index in [1.54, 1.807) is 0 Å². The highest BCUT2D eigenvalue weighted by atomic mass is 16.5. The lowest BCUT2D eigenvalue weighted by Crippen LogP contribution is -2.36. The summed E-state index contributed by atoms with van der Waals surface area (Å²) in [7, 11) is 0. The molecule has 0 aromatic carbocycles. The summed E-state index contributed by atoms with van der Waals surface area (Å²) in [6, 6.07) is 0. The van der Waals surface area contributed by atoms with E-state index in [9.17, 15) is 0 Å². The van der Waals surface area contributed by atoms with Gasteiger partial charge in [-0.15, -0.1) is 0 Å². The van der Waals surface area contributed by atoms with Gasteiger partial charge >= 0.3 is 0 Å². The van der Waals surface area contributed by atoms with E-state index in [0.29, 0.717) is 17.4 Å². The predicted octanol–water partition coefficient (Wildman–Crippen LogP) is 5.52. The van der Waals surface area contributed by atoms with Crippen molar-refractivity contribution in [2.45, 2.75) is 66.7 Å². The number of rotatable bonds is 5. The molecule has 1 saturated carbocycles. The van der Waals surface area contributed by atoms with E-state index >= 15 is 0 Å². The molecule has 110 valence electrons. The van der Waals surface area contributed by atoms with Crippen molar-refractivity contribution in [1.29, 1.82) is 0 Å². The lowest BCUT2D eigenvalue weighted by Gasteiger charge is -2.46. The molecule has 1 fully saturated rings. The summed E-state index contributed by atoms with van der Waals surface area (Å²) in [5.41, 5.74) is 3.17. The summed E-state index contributed by atoms with van der Waals surface area (Å²) in [4.78, 5) is 0. The quantitative estimate of drug-likeness (QED) is 0.594. The second-order valence-electron chi connectivity index (χ2n) is 7.41. The van der Waals surface area contributed by atoms with Crippen molar-refractivity contribution in [1.82, 2.24) is 0 Å². The van der Waals surface area contributed by atoms with E-state index < -0.39 is 0 Å². The number of hydrogen-bond donors (Lipinski definition) is 0. The molecule has 1 heteroatoms. The summed E-state index contributed by atoms with van der Waals surface area (Å²) >= 11 is 0. The van der Waals surface area contributed by atoms with Crippen molar-refractivity contribution in [3.05, 3.63) is 23.8 Å². The minimum Gasteiger partial charge on any atom is -0.373 e. The van der Waals surface area contributed by atoms with Gasteiger partial charge in [-0.25, -0.2) is 0 Å². The Morgan fingerprint density at radius 3 is 2.16 bits per heavy atom. The van der Waals surface area contributed by atoms with Crippen LogP contribution in [-0.4, -0.2) is 13.2 Å². The molecule has 0 amide bonds. The molecule has 1 rings (SSSR count). The molecule has 0 bridgehead atoms. The van der Waals surface area contributed by atoms with Gasteiger partial charge in [-0.2, -0.15) is 0 Å². The molecule has 19 heavy (non-hydrogen) atoms. The fourth-order valence-electron chi connectivity index (χ4n) is 3.19. The molecule has 0 spiro atoms. The van der Waals surface area contributed by atoms with Gasteiger partial charge in [-0.05, 0) is 37.5 Å². The Bertz CT molecular complexity index is 324. The third-order valence-electron chi connectivity index (χ3n) is 4.44. The minimum absolute atomic E-state index is 0.336. The van der Waals surface area contributed by atoms with E-state index in [-0.39, 0.29) is 0 Å². The van der Waals surface area contributed by atoms with Gasteiger partial charge in [0.25, 0.3) is 0 Å². The van der Waals surface area contributed by atoms with Gasteiger partial charge in [0.1, 0.15) is 0 Å². The summed E-state index contributed by atoms with van der Waals surface area (Å²) in [6.07, 6.45) is 9.31. The molecule has 0 radical (unpaired) electrons. The Morgan fingerprint density at radius 1 is 1.11 bits per heavy atom. The van der Waals surface area contributed by atoms with Gasteiger partial charge in [-0.3, -0.25) is 0 Å². The molecule has 1 nitrogen and oxygen atoms in total. The predicted molar refractivity (Wildman–Crippen MR) is 84.4 cm³/mol. The van der Waals surface area contributed by atoms with Crippen LogP contribution < -0.4 is 0 Å². The van der Waals surface area contributed by atoms with Gasteiger partial charge in [0.2, 0.25) is 0 Å². The first-order chi connectivity index (χ1) is 8.77. The minimum atomic E-state index is 0.336. The van der Waals surface area contributed by atoms with Crippen molar-refractivity contribution in [3.63, 3.8) is 0 Å². The Kier molecular flexibility index (Phi) is 5.85. The first kappa shape index (κ1) is 16.5. The summed E-state index contributed by atoms with van der Waals surface area (Å²) < 4.78 is 5.69. The molecule has 1 aliphatic carbocycles. The number of ether oxygens (including phenoxy) is 1. The lowest BCUT2D eigenvalue weighted by atomic mass is 9.59. The average molecular weight is 264 g/mol. The van der Waals surface area contributed by atoms with Crippen molar-refractivity contribution in [2.24, 2.45) is 10.8 Å². The van der Waals surface area contributed by atoms with Crippen molar-refractivity contribution in [3.8, 4) is 0 Å². The summed E-state index contributed by atoms with van der Waals surface area (Å²) in [5.74, 6) is 0. The lowest BCUT2D eigenvalue weighted by molar-refractivity contribution is 0.0898. The van der Waals surface area contributed by atoms with Gasteiger partial charge < -0.3 is 4.74 Å². The molecule has 0 unspecified atom stereocenters. The Labute approximate surface area is 120 Å². The maximum absolute atomic E-state index is 5.69. The van der Waals surface area contributed by atoms with E-state index in [1.807, 2.05) is 6.92 Å². The molecule has 0 heterocycles. The maximum atomic E-state index is 5.69. The zero-order chi connectivity index (χ0) is 14.5. The molecule has 0 N–H and O–H groups in total. The topological polar surface area (TPSA) is 9.23 Å². The largest absolute Gasteiger partial charge is 0.373 e. The highest BCUT2D eigenvalue weighted by molar-refractivity contribution is 5.13. The highest BCUT2D eigenvalue weighted by Crippen LogP contribution is 2.51. The zero-order valence-electron chi connectivity index (χ0n) is 13.6.